The van der Waals surface area contributed by atoms with Gasteiger partial charge in [-0.1, -0.05) is 47.5 Å². The van der Waals surface area contributed by atoms with E-state index in [2.05, 4.69) is 36.9 Å². The fourth-order valence-electron chi connectivity index (χ4n) is 9.41. The van der Waals surface area contributed by atoms with Crippen LogP contribution in [-0.2, 0) is 10.0 Å². The zero-order valence-corrected chi connectivity index (χ0v) is 36.2. The number of amides is 1. The van der Waals surface area contributed by atoms with E-state index in [1.807, 2.05) is 54.6 Å². The van der Waals surface area contributed by atoms with Gasteiger partial charge in [-0.15, -0.1) is 11.8 Å². The fraction of sp³-hybridized carbons (Fsp3) is 0.413. The van der Waals surface area contributed by atoms with Gasteiger partial charge in [0.2, 0.25) is 0 Å². The predicted molar refractivity (Wildman–Crippen MR) is 242 cm³/mol. The van der Waals surface area contributed by atoms with Gasteiger partial charge in [0.25, 0.3) is 21.6 Å². The predicted octanol–water partition coefficient (Wildman–Crippen LogP) is 9.11. The Kier molecular flexibility index (Phi) is 13.5. The van der Waals surface area contributed by atoms with Gasteiger partial charge < -0.3 is 10.2 Å². The number of fused-ring (bicyclic) bond motifs is 2. The first kappa shape index (κ1) is 42.3. The molecule has 0 spiro atoms. The summed E-state index contributed by atoms with van der Waals surface area (Å²) in [6, 6.07) is 30.1. The third kappa shape index (κ3) is 10.2. The van der Waals surface area contributed by atoms with Crippen LogP contribution in [0.4, 0.5) is 17.1 Å². The number of piperazine rings is 1. The fourth-order valence-corrected chi connectivity index (χ4v) is 11.5. The monoisotopic (exact) mass is 868 g/mol. The molecular weight excluding hydrogens is 816 g/mol. The van der Waals surface area contributed by atoms with Crippen LogP contribution < -0.4 is 14.9 Å². The molecule has 60 heavy (non-hydrogen) atoms. The number of hydrogen-bond acceptors (Lipinski definition) is 10. The van der Waals surface area contributed by atoms with Gasteiger partial charge in [0.15, 0.2) is 0 Å². The minimum atomic E-state index is -4.42. The van der Waals surface area contributed by atoms with Gasteiger partial charge in [-0.05, 0) is 130 Å². The molecule has 3 aliphatic heterocycles. The molecule has 11 nitrogen and oxygen atoms in total. The van der Waals surface area contributed by atoms with Crippen molar-refractivity contribution < 1.29 is 18.1 Å². The van der Waals surface area contributed by atoms with E-state index in [1.165, 1.54) is 67.4 Å². The number of allylic oxidation sites excluding steroid dienone is 1. The van der Waals surface area contributed by atoms with Crippen LogP contribution in [0.3, 0.4) is 0 Å². The maximum atomic E-state index is 13.5. The number of nitro benzene ring substituents is 1. The second-order valence-corrected chi connectivity index (χ2v) is 19.6. The summed E-state index contributed by atoms with van der Waals surface area (Å²) in [5, 5.41) is 16.5. The zero-order chi connectivity index (χ0) is 41.6. The van der Waals surface area contributed by atoms with Crippen LogP contribution in [0, 0.1) is 10.1 Å². The lowest BCUT2D eigenvalue weighted by Gasteiger charge is -2.37. The number of sulfonamides is 1. The summed E-state index contributed by atoms with van der Waals surface area (Å²) in [5.41, 5.74) is 5.26. The zero-order valence-electron chi connectivity index (χ0n) is 33.8. The first-order valence-electron chi connectivity index (χ1n) is 21.2. The molecule has 1 amide bonds. The number of hydrogen-bond donors (Lipinski definition) is 2. The van der Waals surface area contributed by atoms with E-state index in [0.29, 0.717) is 17.8 Å². The summed E-state index contributed by atoms with van der Waals surface area (Å²) in [7, 11) is -4.42. The van der Waals surface area contributed by atoms with E-state index in [4.69, 9.17) is 11.6 Å². The molecule has 14 heteroatoms. The summed E-state index contributed by atoms with van der Waals surface area (Å²) < 4.78 is 29.1. The van der Waals surface area contributed by atoms with Crippen molar-refractivity contribution in [2.75, 3.05) is 55.2 Å². The van der Waals surface area contributed by atoms with Crippen LogP contribution in [0.25, 0.3) is 5.57 Å². The Bertz CT molecular complexity index is 2270. The number of benzene rings is 4. The number of carbonyl (C=O) groups is 1. The van der Waals surface area contributed by atoms with E-state index < -0.39 is 20.9 Å². The van der Waals surface area contributed by atoms with Crippen LogP contribution in [0.2, 0.25) is 5.02 Å². The average Bonchev–Trinajstić information content (AvgIpc) is 3.85. The summed E-state index contributed by atoms with van der Waals surface area (Å²) in [4.78, 5) is 33.2. The van der Waals surface area contributed by atoms with Crippen molar-refractivity contribution in [1.82, 2.24) is 14.5 Å². The number of thioether (sulfide) groups is 1. The smallest absolute Gasteiger partial charge is 0.293 e. The third-order valence-corrected chi connectivity index (χ3v) is 15.4. The molecule has 4 aromatic rings. The second-order valence-electron chi connectivity index (χ2n) is 16.4. The third-order valence-electron chi connectivity index (χ3n) is 12.7. The molecule has 0 aromatic heterocycles. The van der Waals surface area contributed by atoms with E-state index in [-0.39, 0.29) is 27.9 Å². The van der Waals surface area contributed by atoms with Gasteiger partial charge in [-0.3, -0.25) is 24.7 Å². The lowest BCUT2D eigenvalue weighted by atomic mass is 9.87. The molecule has 0 radical (unpaired) electrons. The summed E-state index contributed by atoms with van der Waals surface area (Å²) in [6.45, 7) is 5.34. The van der Waals surface area contributed by atoms with Crippen LogP contribution >= 0.6 is 23.4 Å². The topological polar surface area (TPSA) is 128 Å². The molecule has 1 aliphatic carbocycles. The maximum Gasteiger partial charge on any atom is 0.293 e. The van der Waals surface area contributed by atoms with Gasteiger partial charge in [-0.2, -0.15) is 0 Å². The Morgan fingerprint density at radius 2 is 1.55 bits per heavy atom. The number of nitrogens with one attached hydrogen (secondary N) is 2. The number of halogens is 1. The van der Waals surface area contributed by atoms with E-state index in [0.717, 1.165) is 80.2 Å². The summed E-state index contributed by atoms with van der Waals surface area (Å²) in [6.07, 6.45) is 10.4. The number of carbonyl (C=O) groups excluding carboxylic acids is 1. The molecule has 0 saturated carbocycles. The van der Waals surface area contributed by atoms with Gasteiger partial charge in [0.1, 0.15) is 5.69 Å². The molecule has 4 aliphatic rings. The SMILES string of the molecule is O=C(NS(=O)(=O)c1ccc(N[C@H](CCN2C3CCC2CC3)CSc2ccccc2)c([N+](=O)[O-])c1)c1ccc(N2CCN(CC3=C(c4ccc(Cl)cc4)CCCC3)CC2)cc1. The van der Waals surface area contributed by atoms with Crippen molar-refractivity contribution in [2.45, 2.75) is 85.7 Å². The minimum absolute atomic E-state index is 0.101. The van der Waals surface area contributed by atoms with Crippen LogP contribution in [0.1, 0.15) is 73.7 Å². The highest BCUT2D eigenvalue weighted by Crippen LogP contribution is 2.38. The molecule has 316 valence electrons. The van der Waals surface area contributed by atoms with Gasteiger partial charge in [0.05, 0.1) is 9.82 Å². The Balaban J connectivity index is 0.880. The van der Waals surface area contributed by atoms with Gasteiger partial charge in [0, 0.05) is 90.4 Å². The van der Waals surface area contributed by atoms with Crippen LogP contribution in [0.5, 0.6) is 0 Å². The molecule has 2 N–H and O–H groups in total. The summed E-state index contributed by atoms with van der Waals surface area (Å²) >= 11 is 7.84. The van der Waals surface area contributed by atoms with Crippen molar-refractivity contribution in [3.63, 3.8) is 0 Å². The van der Waals surface area contributed by atoms with Gasteiger partial charge >= 0.3 is 0 Å². The molecule has 4 aromatic carbocycles. The van der Waals surface area contributed by atoms with Crippen molar-refractivity contribution in [3.8, 4) is 0 Å². The molecular formula is C46H53ClN6O5S2. The molecule has 3 saturated heterocycles. The Hall–Kier alpha value is -4.40. The van der Waals surface area contributed by atoms with Gasteiger partial charge in [-0.25, -0.2) is 13.1 Å². The molecule has 8 rings (SSSR count). The van der Waals surface area contributed by atoms with Crippen molar-refractivity contribution >= 4 is 61.9 Å². The average molecular weight is 870 g/mol. The highest BCUT2D eigenvalue weighted by Gasteiger charge is 2.39. The number of nitrogens with zero attached hydrogens (tertiary/aromatic N) is 4. The normalized spacial score (nSPS) is 20.3. The van der Waals surface area contributed by atoms with Crippen molar-refractivity contribution in [3.05, 3.63) is 129 Å². The Morgan fingerprint density at radius 3 is 2.23 bits per heavy atom. The lowest BCUT2D eigenvalue weighted by molar-refractivity contribution is -0.384. The summed E-state index contributed by atoms with van der Waals surface area (Å²) in [5.74, 6) is -0.122. The highest BCUT2D eigenvalue weighted by molar-refractivity contribution is 7.99. The standard InChI is InChI=1S/C46H53ClN6O5S2/c47-36-14-10-33(11-15-36)43-9-5-4-6-35(43)31-50-26-28-51(29-27-50)38-16-12-34(13-17-38)46(54)49-60(57,58)42-22-23-44(45(30-42)53(55)56)48-37(32-59-41-7-2-1-3-8-41)24-25-52-39-18-19-40(52)21-20-39/h1-3,7-8,10-17,22-23,30,37,39-40,48H,4-6,9,18-21,24-29,31-32H2,(H,49,54)/t37-,39?,40?/m1/s1. The molecule has 2 bridgehead atoms. The first-order chi connectivity index (χ1) is 29.1. The largest absolute Gasteiger partial charge is 0.376 e. The quantitative estimate of drug-likeness (QED) is 0.0640. The minimum Gasteiger partial charge on any atom is -0.376 e. The van der Waals surface area contributed by atoms with E-state index in [9.17, 15) is 23.3 Å². The van der Waals surface area contributed by atoms with Crippen molar-refractivity contribution in [2.24, 2.45) is 0 Å². The molecule has 3 fully saturated rings. The number of rotatable bonds is 16. The first-order valence-corrected chi connectivity index (χ1v) is 24.0. The van der Waals surface area contributed by atoms with Crippen LogP contribution in [-0.4, -0.2) is 92.2 Å². The van der Waals surface area contributed by atoms with E-state index in [1.54, 1.807) is 23.9 Å². The molecule has 0 unspecified atom stereocenters. The molecule has 1 atom stereocenters. The maximum absolute atomic E-state index is 13.5. The number of nitro groups is 1. The molecule has 3 heterocycles. The Morgan fingerprint density at radius 1 is 0.867 bits per heavy atom. The second kappa shape index (κ2) is 19.1. The highest BCUT2D eigenvalue weighted by atomic mass is 35.5. The van der Waals surface area contributed by atoms with Crippen LogP contribution in [0.15, 0.2) is 112 Å². The Labute approximate surface area is 362 Å². The lowest BCUT2D eigenvalue weighted by Crippen LogP contribution is -2.47. The number of anilines is 2. The van der Waals surface area contributed by atoms with Crippen molar-refractivity contribution in [1.29, 1.82) is 0 Å². The van der Waals surface area contributed by atoms with E-state index >= 15 is 0 Å².